The summed E-state index contributed by atoms with van der Waals surface area (Å²) < 4.78 is 37.1. The van der Waals surface area contributed by atoms with Crippen LogP contribution in [-0.4, -0.2) is 16.0 Å². The summed E-state index contributed by atoms with van der Waals surface area (Å²) in [5.74, 6) is -0.901. The second kappa shape index (κ2) is 8.77. The van der Waals surface area contributed by atoms with E-state index >= 15 is 0 Å². The van der Waals surface area contributed by atoms with E-state index in [1.165, 1.54) is 84.9 Å². The van der Waals surface area contributed by atoms with Crippen molar-refractivity contribution in [3.8, 4) is 34.5 Å². The molecule has 4 aromatic rings. The molecule has 4 rings (SSSR count). The number of phenols is 2. The second-order valence-electron chi connectivity index (χ2n) is 6.80. The van der Waals surface area contributed by atoms with Gasteiger partial charge in [0.15, 0.2) is 5.78 Å². The second-order valence-corrected chi connectivity index (χ2v) is 6.80. The van der Waals surface area contributed by atoms with Gasteiger partial charge in [-0.2, -0.15) is 0 Å². The van der Waals surface area contributed by atoms with Crippen LogP contribution in [0.5, 0.6) is 34.5 Å². The van der Waals surface area contributed by atoms with E-state index in [1.807, 2.05) is 0 Å². The van der Waals surface area contributed by atoms with Crippen molar-refractivity contribution < 1.29 is 33.3 Å². The number of ketones is 1. The van der Waals surface area contributed by atoms with Crippen molar-refractivity contribution in [1.82, 2.24) is 0 Å². The fraction of sp³-hybridized carbons (Fsp3) is 0. The van der Waals surface area contributed by atoms with Gasteiger partial charge in [0.25, 0.3) is 0 Å². The Morgan fingerprint density at radius 2 is 0.906 bits per heavy atom. The lowest BCUT2D eigenvalue weighted by molar-refractivity contribution is 0.103. The first kappa shape index (κ1) is 20.9. The van der Waals surface area contributed by atoms with Crippen LogP contribution in [0, 0.1) is 11.6 Å². The third kappa shape index (κ3) is 4.67. The van der Waals surface area contributed by atoms with Gasteiger partial charge in [-0.1, -0.05) is 0 Å². The van der Waals surface area contributed by atoms with Gasteiger partial charge in [0.05, 0.1) is 11.1 Å². The molecule has 0 saturated heterocycles. The molecular weight excluding hydrogens is 418 g/mol. The van der Waals surface area contributed by atoms with Crippen LogP contribution < -0.4 is 9.47 Å². The molecule has 32 heavy (non-hydrogen) atoms. The van der Waals surface area contributed by atoms with Crippen molar-refractivity contribution in [1.29, 1.82) is 0 Å². The van der Waals surface area contributed by atoms with Gasteiger partial charge in [0, 0.05) is 12.1 Å². The molecule has 0 aromatic heterocycles. The summed E-state index contributed by atoms with van der Waals surface area (Å²) >= 11 is 0. The van der Waals surface area contributed by atoms with Crippen LogP contribution in [0.4, 0.5) is 8.78 Å². The van der Waals surface area contributed by atoms with E-state index in [2.05, 4.69) is 0 Å². The van der Waals surface area contributed by atoms with Crippen LogP contribution in [0.1, 0.15) is 15.9 Å². The zero-order valence-electron chi connectivity index (χ0n) is 16.5. The minimum atomic E-state index is -0.610. The number of benzene rings is 4. The number of halogens is 2. The quantitative estimate of drug-likeness (QED) is 0.354. The molecule has 2 N–H and O–H groups in total. The smallest absolute Gasteiger partial charge is 0.200 e. The summed E-state index contributed by atoms with van der Waals surface area (Å²) in [6.45, 7) is 0. The summed E-state index contributed by atoms with van der Waals surface area (Å²) in [6, 6.07) is 18.8. The Kier molecular flexibility index (Phi) is 5.72. The average molecular weight is 434 g/mol. The Balaban J connectivity index is 1.51. The molecule has 0 spiro atoms. The van der Waals surface area contributed by atoms with Gasteiger partial charge in [-0.3, -0.25) is 4.79 Å². The van der Waals surface area contributed by atoms with E-state index in [0.717, 1.165) is 0 Å². The summed E-state index contributed by atoms with van der Waals surface area (Å²) in [5, 5.41) is 20.6. The van der Waals surface area contributed by atoms with Crippen LogP contribution in [0.15, 0.2) is 84.9 Å². The number of carbonyl (C=O) groups is 1. The van der Waals surface area contributed by atoms with Crippen LogP contribution in [0.2, 0.25) is 0 Å². The molecule has 0 unspecified atom stereocenters. The number of aromatic hydroxyl groups is 2. The first-order valence-corrected chi connectivity index (χ1v) is 9.46. The fourth-order valence-electron chi connectivity index (χ4n) is 2.96. The highest BCUT2D eigenvalue weighted by molar-refractivity contribution is 6.12. The van der Waals surface area contributed by atoms with Gasteiger partial charge in [0.2, 0.25) is 0 Å². The lowest BCUT2D eigenvalue weighted by Gasteiger charge is -2.11. The maximum atomic E-state index is 13.0. The van der Waals surface area contributed by atoms with E-state index in [0.29, 0.717) is 11.5 Å². The van der Waals surface area contributed by atoms with Crippen molar-refractivity contribution in [2.75, 3.05) is 0 Å². The number of carbonyl (C=O) groups excluding carboxylic acids is 1. The first-order valence-electron chi connectivity index (χ1n) is 9.46. The average Bonchev–Trinajstić information content (AvgIpc) is 2.77. The molecule has 0 aliphatic rings. The van der Waals surface area contributed by atoms with Crippen molar-refractivity contribution in [3.05, 3.63) is 108 Å². The third-order valence-electron chi connectivity index (χ3n) is 4.53. The SMILES string of the molecule is O=C(c1ccc(Oc2ccc(F)cc2)cc1O)c1ccc(Oc2ccc(F)cc2)cc1O. The Labute approximate surface area is 181 Å². The summed E-state index contributed by atoms with van der Waals surface area (Å²) in [5.41, 5.74) is -0.0853. The largest absolute Gasteiger partial charge is 0.507 e. The number of phenolic OH excluding ortho intramolecular Hbond substituents is 2. The predicted octanol–water partition coefficient (Wildman–Crippen LogP) is 6.19. The van der Waals surface area contributed by atoms with E-state index in [-0.39, 0.29) is 34.1 Å². The van der Waals surface area contributed by atoms with E-state index in [1.54, 1.807) is 0 Å². The summed E-state index contributed by atoms with van der Waals surface area (Å²) in [7, 11) is 0. The molecule has 0 aliphatic carbocycles. The van der Waals surface area contributed by atoms with E-state index in [9.17, 15) is 23.8 Å². The molecule has 0 heterocycles. The normalized spacial score (nSPS) is 10.6. The maximum absolute atomic E-state index is 13.0. The van der Waals surface area contributed by atoms with Crippen LogP contribution in [0.3, 0.4) is 0 Å². The Morgan fingerprint density at radius 1 is 0.562 bits per heavy atom. The molecule has 0 radical (unpaired) electrons. The van der Waals surface area contributed by atoms with Crippen molar-refractivity contribution in [3.63, 3.8) is 0 Å². The fourth-order valence-corrected chi connectivity index (χ4v) is 2.96. The van der Waals surface area contributed by atoms with Crippen molar-refractivity contribution in [2.24, 2.45) is 0 Å². The van der Waals surface area contributed by atoms with Crippen molar-refractivity contribution >= 4 is 5.78 Å². The highest BCUT2D eigenvalue weighted by Crippen LogP contribution is 2.33. The number of rotatable bonds is 6. The molecule has 0 saturated carbocycles. The van der Waals surface area contributed by atoms with Gasteiger partial charge in [-0.05, 0) is 72.8 Å². The molecule has 160 valence electrons. The van der Waals surface area contributed by atoms with Crippen LogP contribution in [-0.2, 0) is 0 Å². The van der Waals surface area contributed by atoms with Gasteiger partial charge in [-0.25, -0.2) is 8.78 Å². The van der Waals surface area contributed by atoms with Crippen LogP contribution in [0.25, 0.3) is 0 Å². The zero-order chi connectivity index (χ0) is 22.7. The van der Waals surface area contributed by atoms with E-state index < -0.39 is 17.4 Å². The van der Waals surface area contributed by atoms with Gasteiger partial charge >= 0.3 is 0 Å². The Hall–Kier alpha value is -4.39. The Morgan fingerprint density at radius 3 is 1.25 bits per heavy atom. The highest BCUT2D eigenvalue weighted by atomic mass is 19.1. The first-order chi connectivity index (χ1) is 15.4. The van der Waals surface area contributed by atoms with Gasteiger partial charge in [-0.15, -0.1) is 0 Å². The maximum Gasteiger partial charge on any atom is 0.200 e. The van der Waals surface area contributed by atoms with Gasteiger partial charge < -0.3 is 19.7 Å². The minimum absolute atomic E-state index is 0.0426. The summed E-state index contributed by atoms with van der Waals surface area (Å²) in [4.78, 5) is 12.8. The lowest BCUT2D eigenvalue weighted by atomic mass is 10.0. The molecule has 0 bridgehead atoms. The zero-order valence-corrected chi connectivity index (χ0v) is 16.5. The van der Waals surface area contributed by atoms with E-state index in [4.69, 9.17) is 9.47 Å². The Bertz CT molecular complexity index is 1170. The third-order valence-corrected chi connectivity index (χ3v) is 4.53. The molecule has 0 fully saturated rings. The monoisotopic (exact) mass is 434 g/mol. The van der Waals surface area contributed by atoms with Crippen molar-refractivity contribution in [2.45, 2.75) is 0 Å². The topological polar surface area (TPSA) is 76.0 Å². The molecule has 0 aliphatic heterocycles. The minimum Gasteiger partial charge on any atom is -0.507 e. The molecule has 0 amide bonds. The molecule has 5 nitrogen and oxygen atoms in total. The molecule has 4 aromatic carbocycles. The molecule has 0 atom stereocenters. The number of hydrogen-bond acceptors (Lipinski definition) is 5. The predicted molar refractivity (Wildman–Crippen MR) is 113 cm³/mol. The lowest BCUT2D eigenvalue weighted by Crippen LogP contribution is -2.02. The highest BCUT2D eigenvalue weighted by Gasteiger charge is 2.18. The van der Waals surface area contributed by atoms with Crippen LogP contribution >= 0.6 is 0 Å². The standard InChI is InChI=1S/C25H16F2O5/c26-15-1-5-17(6-2-15)31-19-9-11-21(23(28)13-19)25(30)22-12-10-20(14-24(22)29)32-18-7-3-16(27)4-8-18/h1-14,28-29H. The molecule has 7 heteroatoms. The molecular formula is C25H16F2O5. The summed E-state index contributed by atoms with van der Waals surface area (Å²) in [6.07, 6.45) is 0. The van der Waals surface area contributed by atoms with Gasteiger partial charge in [0.1, 0.15) is 46.1 Å². The number of hydrogen-bond donors (Lipinski definition) is 2. The number of ether oxygens (including phenoxy) is 2.